The molecular formula is C29H39ClN4O3. The summed E-state index contributed by atoms with van der Waals surface area (Å²) in [6.07, 6.45) is 5.73. The maximum Gasteiger partial charge on any atom is 0.227 e. The second kappa shape index (κ2) is 13.5. The van der Waals surface area contributed by atoms with Crippen molar-refractivity contribution in [3.63, 3.8) is 0 Å². The minimum absolute atomic E-state index is 0.0850. The van der Waals surface area contributed by atoms with Crippen LogP contribution in [-0.2, 0) is 30.6 Å². The lowest BCUT2D eigenvalue weighted by Crippen LogP contribution is -2.27. The van der Waals surface area contributed by atoms with Crippen LogP contribution in [0.25, 0.3) is 0 Å². The molecule has 1 N–H and O–H groups in total. The Morgan fingerprint density at radius 2 is 1.86 bits per heavy atom. The van der Waals surface area contributed by atoms with Crippen LogP contribution >= 0.6 is 11.6 Å². The molecule has 200 valence electrons. The van der Waals surface area contributed by atoms with Crippen LogP contribution in [0.3, 0.4) is 0 Å². The van der Waals surface area contributed by atoms with Gasteiger partial charge in [0.2, 0.25) is 5.91 Å². The molecule has 37 heavy (non-hydrogen) atoms. The topological polar surface area (TPSA) is 78.3 Å². The minimum Gasteiger partial charge on any atom is -0.493 e. The van der Waals surface area contributed by atoms with E-state index in [0.717, 1.165) is 42.9 Å². The first-order chi connectivity index (χ1) is 17.8. The fourth-order valence-corrected chi connectivity index (χ4v) is 4.85. The van der Waals surface area contributed by atoms with Gasteiger partial charge >= 0.3 is 0 Å². The zero-order valence-corrected chi connectivity index (χ0v) is 23.6. The van der Waals surface area contributed by atoms with E-state index in [0.29, 0.717) is 41.1 Å². The van der Waals surface area contributed by atoms with Crippen molar-refractivity contribution in [2.45, 2.75) is 66.3 Å². The van der Waals surface area contributed by atoms with Crippen molar-refractivity contribution >= 4 is 23.2 Å². The van der Waals surface area contributed by atoms with Crippen LogP contribution in [0, 0.1) is 11.8 Å². The highest BCUT2D eigenvalue weighted by Crippen LogP contribution is 2.40. The van der Waals surface area contributed by atoms with Crippen molar-refractivity contribution in [1.82, 2.24) is 14.5 Å². The molecule has 0 aliphatic heterocycles. The number of halogens is 1. The van der Waals surface area contributed by atoms with Gasteiger partial charge in [-0.15, -0.1) is 0 Å². The molecule has 3 rings (SSSR count). The number of ether oxygens (including phenoxy) is 2. The smallest absolute Gasteiger partial charge is 0.227 e. The Balaban J connectivity index is 1.94. The van der Waals surface area contributed by atoms with Gasteiger partial charge in [0.05, 0.1) is 37.8 Å². The Kier molecular flexibility index (Phi) is 10.4. The van der Waals surface area contributed by atoms with Crippen LogP contribution in [0.15, 0.2) is 36.5 Å². The Morgan fingerprint density at radius 3 is 2.46 bits per heavy atom. The zero-order chi connectivity index (χ0) is 26.9. The molecule has 1 unspecified atom stereocenters. The molecule has 8 heteroatoms. The summed E-state index contributed by atoms with van der Waals surface area (Å²) in [6, 6.07) is 9.42. The molecule has 1 aromatic carbocycles. The minimum atomic E-state index is -0.272. The molecular weight excluding hydrogens is 488 g/mol. The lowest BCUT2D eigenvalue weighted by molar-refractivity contribution is -0.120. The van der Waals surface area contributed by atoms with E-state index in [9.17, 15) is 4.79 Å². The number of carbonyl (C=O) groups is 1. The van der Waals surface area contributed by atoms with Crippen LogP contribution in [0.2, 0.25) is 5.02 Å². The number of aromatic nitrogens is 3. The highest BCUT2D eigenvalue weighted by atomic mass is 35.5. The molecule has 3 aromatic rings. The quantitative estimate of drug-likeness (QED) is 0.280. The van der Waals surface area contributed by atoms with E-state index in [4.69, 9.17) is 26.1 Å². The van der Waals surface area contributed by atoms with E-state index in [1.54, 1.807) is 19.2 Å². The van der Waals surface area contributed by atoms with Gasteiger partial charge in [-0.2, -0.15) is 0 Å². The van der Waals surface area contributed by atoms with Gasteiger partial charge in [-0.25, -0.2) is 4.98 Å². The molecule has 0 saturated carbocycles. The molecule has 0 spiro atoms. The summed E-state index contributed by atoms with van der Waals surface area (Å²) in [5.41, 5.74) is 3.76. The van der Waals surface area contributed by atoms with Gasteiger partial charge in [0, 0.05) is 24.2 Å². The summed E-state index contributed by atoms with van der Waals surface area (Å²) < 4.78 is 13.0. The SMILES string of the molecule is CCc1nc(CC(CCC(C)C)C(=O)Nc2ccc(OC)c(OC)c2Cl)n(Cc2ccccn2)c1CC. The molecule has 0 saturated heterocycles. The molecule has 1 atom stereocenters. The number of carbonyl (C=O) groups excluding carboxylic acids is 1. The fraction of sp³-hybridized carbons (Fsp3) is 0.483. The standard InChI is InChI=1S/C29H39ClN4O3/c1-7-22-24(8-2)34(18-21-11-9-10-16-31-21)26(32-22)17-20(13-12-19(3)4)29(35)33-23-14-15-25(36-5)28(37-6)27(23)30/h9-11,14-16,19-20H,7-8,12-13,17-18H2,1-6H3,(H,33,35). The van der Waals surface area contributed by atoms with E-state index in [1.165, 1.54) is 12.8 Å². The number of aryl methyl sites for hydroxylation is 1. The lowest BCUT2D eigenvalue weighted by atomic mass is 9.93. The van der Waals surface area contributed by atoms with Crippen LogP contribution in [-0.4, -0.2) is 34.7 Å². The number of benzene rings is 1. The summed E-state index contributed by atoms with van der Waals surface area (Å²) in [5, 5.41) is 3.36. The summed E-state index contributed by atoms with van der Waals surface area (Å²) in [4.78, 5) is 23.2. The summed E-state index contributed by atoms with van der Waals surface area (Å²) in [7, 11) is 3.08. The number of rotatable bonds is 13. The summed E-state index contributed by atoms with van der Waals surface area (Å²) in [5.74, 6) is 1.95. The first-order valence-corrected chi connectivity index (χ1v) is 13.4. The third-order valence-corrected chi connectivity index (χ3v) is 6.96. The molecule has 0 radical (unpaired) electrons. The highest BCUT2D eigenvalue weighted by molar-refractivity contribution is 6.35. The monoisotopic (exact) mass is 526 g/mol. The lowest BCUT2D eigenvalue weighted by Gasteiger charge is -2.20. The van der Waals surface area contributed by atoms with Crippen molar-refractivity contribution in [3.05, 3.63) is 64.5 Å². The molecule has 0 aliphatic rings. The maximum atomic E-state index is 13.6. The van der Waals surface area contributed by atoms with Crippen molar-refractivity contribution < 1.29 is 14.3 Å². The highest BCUT2D eigenvalue weighted by Gasteiger charge is 2.26. The molecule has 1 amide bonds. The maximum absolute atomic E-state index is 13.6. The first-order valence-electron chi connectivity index (χ1n) is 13.0. The molecule has 2 aromatic heterocycles. The molecule has 0 fully saturated rings. The van der Waals surface area contributed by atoms with E-state index < -0.39 is 0 Å². The van der Waals surface area contributed by atoms with Gasteiger partial charge in [-0.05, 0) is 49.4 Å². The van der Waals surface area contributed by atoms with Crippen molar-refractivity contribution in [3.8, 4) is 11.5 Å². The number of pyridine rings is 1. The molecule has 0 aliphatic carbocycles. The Hall–Kier alpha value is -3.06. The molecule has 2 heterocycles. The number of imidazole rings is 1. The Labute approximate surface area is 225 Å². The second-order valence-electron chi connectivity index (χ2n) is 9.56. The first kappa shape index (κ1) is 28.5. The third-order valence-electron chi connectivity index (χ3n) is 6.59. The third kappa shape index (κ3) is 7.04. The van der Waals surface area contributed by atoms with E-state index in [2.05, 4.69) is 42.6 Å². The zero-order valence-electron chi connectivity index (χ0n) is 22.8. The molecule has 0 bridgehead atoms. The Bertz CT molecular complexity index is 1180. The number of nitrogens with one attached hydrogen (secondary N) is 1. The number of amides is 1. The number of hydrogen-bond donors (Lipinski definition) is 1. The predicted molar refractivity (Wildman–Crippen MR) is 149 cm³/mol. The van der Waals surface area contributed by atoms with Gasteiger partial charge in [-0.1, -0.05) is 51.8 Å². The van der Waals surface area contributed by atoms with Gasteiger partial charge in [0.25, 0.3) is 0 Å². The van der Waals surface area contributed by atoms with Crippen LogP contribution in [0.5, 0.6) is 11.5 Å². The number of hydrogen-bond acceptors (Lipinski definition) is 5. The van der Waals surface area contributed by atoms with Crippen LogP contribution < -0.4 is 14.8 Å². The number of nitrogens with zero attached hydrogens (tertiary/aromatic N) is 3. The largest absolute Gasteiger partial charge is 0.493 e. The van der Waals surface area contributed by atoms with Gasteiger partial charge in [-0.3, -0.25) is 9.78 Å². The number of methoxy groups -OCH3 is 2. The van der Waals surface area contributed by atoms with Crippen LogP contribution in [0.1, 0.15) is 63.4 Å². The van der Waals surface area contributed by atoms with E-state index >= 15 is 0 Å². The van der Waals surface area contributed by atoms with Gasteiger partial charge in [0.1, 0.15) is 10.8 Å². The van der Waals surface area contributed by atoms with Crippen molar-refractivity contribution in [2.24, 2.45) is 11.8 Å². The Morgan fingerprint density at radius 1 is 1.08 bits per heavy atom. The van der Waals surface area contributed by atoms with Gasteiger partial charge in [0.15, 0.2) is 11.5 Å². The predicted octanol–water partition coefficient (Wildman–Crippen LogP) is 6.36. The van der Waals surface area contributed by atoms with E-state index in [1.807, 2.05) is 24.4 Å². The number of anilines is 1. The van der Waals surface area contributed by atoms with E-state index in [-0.39, 0.29) is 11.8 Å². The van der Waals surface area contributed by atoms with Crippen molar-refractivity contribution in [1.29, 1.82) is 0 Å². The normalized spacial score (nSPS) is 12.0. The fourth-order valence-electron chi connectivity index (χ4n) is 4.57. The average molecular weight is 527 g/mol. The second-order valence-corrected chi connectivity index (χ2v) is 9.94. The van der Waals surface area contributed by atoms with Crippen LogP contribution in [0.4, 0.5) is 5.69 Å². The van der Waals surface area contributed by atoms with Gasteiger partial charge < -0.3 is 19.4 Å². The average Bonchev–Trinajstić information content (AvgIpc) is 3.23. The summed E-state index contributed by atoms with van der Waals surface area (Å²) >= 11 is 6.56. The summed E-state index contributed by atoms with van der Waals surface area (Å²) in [6.45, 7) is 9.25. The van der Waals surface area contributed by atoms with Crippen molar-refractivity contribution in [2.75, 3.05) is 19.5 Å². The molecule has 7 nitrogen and oxygen atoms in total.